The van der Waals surface area contributed by atoms with Gasteiger partial charge in [-0.05, 0) is 48.1 Å². The maximum atomic E-state index is 13.4. The van der Waals surface area contributed by atoms with Gasteiger partial charge >= 0.3 is 6.03 Å². The Kier molecular flexibility index (Phi) is 6.61. The maximum Gasteiger partial charge on any atom is 0.317 e. The number of amides is 2. The Morgan fingerprint density at radius 1 is 1.38 bits per heavy atom. The van der Waals surface area contributed by atoms with E-state index in [4.69, 9.17) is 0 Å². The molecular formula is C18H22FN3OS. The second kappa shape index (κ2) is 8.68. The molecule has 0 aliphatic carbocycles. The Morgan fingerprint density at radius 2 is 2.17 bits per heavy atom. The molecule has 24 heavy (non-hydrogen) atoms. The highest BCUT2D eigenvalue weighted by atomic mass is 32.2. The number of halogens is 1. The number of pyridine rings is 1. The van der Waals surface area contributed by atoms with Crippen molar-refractivity contribution >= 4 is 17.8 Å². The molecule has 1 heterocycles. The van der Waals surface area contributed by atoms with Crippen molar-refractivity contribution in [2.45, 2.75) is 25.3 Å². The third kappa shape index (κ3) is 4.71. The minimum atomic E-state index is -0.253. The van der Waals surface area contributed by atoms with Crippen LogP contribution in [0.2, 0.25) is 0 Å². The van der Waals surface area contributed by atoms with Crippen molar-refractivity contribution in [1.82, 2.24) is 15.2 Å². The summed E-state index contributed by atoms with van der Waals surface area (Å²) >= 11 is 1.62. The van der Waals surface area contributed by atoms with E-state index in [2.05, 4.69) is 10.3 Å². The van der Waals surface area contributed by atoms with E-state index in [9.17, 15) is 9.18 Å². The van der Waals surface area contributed by atoms with Gasteiger partial charge in [0.05, 0.1) is 6.04 Å². The van der Waals surface area contributed by atoms with Crippen molar-refractivity contribution in [2.75, 3.05) is 13.3 Å². The number of nitrogens with one attached hydrogen (secondary N) is 1. The van der Waals surface area contributed by atoms with E-state index in [-0.39, 0.29) is 17.9 Å². The molecule has 1 N–H and O–H groups in total. The SMILES string of the molecule is CSCc1cc(F)ccc1CNC(=O)N(C)C(C)c1cccnc1. The molecule has 0 bridgehead atoms. The van der Waals surface area contributed by atoms with Crippen LogP contribution in [0.25, 0.3) is 0 Å². The van der Waals surface area contributed by atoms with Crippen LogP contribution in [0, 0.1) is 5.82 Å². The van der Waals surface area contributed by atoms with Gasteiger partial charge in [-0.2, -0.15) is 11.8 Å². The zero-order valence-corrected chi connectivity index (χ0v) is 14.9. The van der Waals surface area contributed by atoms with E-state index >= 15 is 0 Å². The summed E-state index contributed by atoms with van der Waals surface area (Å²) in [4.78, 5) is 18.1. The van der Waals surface area contributed by atoms with Crippen LogP contribution >= 0.6 is 11.8 Å². The molecule has 6 heteroatoms. The molecule has 0 aliphatic heterocycles. The minimum Gasteiger partial charge on any atom is -0.334 e. The Hall–Kier alpha value is -2.08. The van der Waals surface area contributed by atoms with E-state index in [1.165, 1.54) is 12.1 Å². The van der Waals surface area contributed by atoms with Crippen LogP contribution in [0.5, 0.6) is 0 Å². The third-order valence-electron chi connectivity index (χ3n) is 3.97. The number of thioether (sulfide) groups is 1. The van der Waals surface area contributed by atoms with Crippen molar-refractivity contribution in [3.8, 4) is 0 Å². The lowest BCUT2D eigenvalue weighted by atomic mass is 10.1. The Balaban J connectivity index is 2.00. The van der Waals surface area contributed by atoms with Gasteiger partial charge in [0.15, 0.2) is 0 Å². The summed E-state index contributed by atoms with van der Waals surface area (Å²) in [6.07, 6.45) is 5.43. The van der Waals surface area contributed by atoms with E-state index < -0.39 is 0 Å². The molecule has 128 valence electrons. The van der Waals surface area contributed by atoms with Gasteiger partial charge in [0.2, 0.25) is 0 Å². The molecule has 2 amide bonds. The molecule has 1 aromatic heterocycles. The van der Waals surface area contributed by atoms with Crippen LogP contribution in [0.4, 0.5) is 9.18 Å². The summed E-state index contributed by atoms with van der Waals surface area (Å²) in [6.45, 7) is 2.33. The van der Waals surface area contributed by atoms with Crippen LogP contribution in [0.15, 0.2) is 42.7 Å². The van der Waals surface area contributed by atoms with Crippen LogP contribution in [0.3, 0.4) is 0 Å². The fourth-order valence-electron chi connectivity index (χ4n) is 2.37. The molecule has 0 radical (unpaired) electrons. The zero-order valence-electron chi connectivity index (χ0n) is 14.1. The highest BCUT2D eigenvalue weighted by molar-refractivity contribution is 7.97. The quantitative estimate of drug-likeness (QED) is 0.859. The summed E-state index contributed by atoms with van der Waals surface area (Å²) in [7, 11) is 1.75. The van der Waals surface area contributed by atoms with E-state index in [1.807, 2.05) is 25.3 Å². The second-order valence-corrected chi connectivity index (χ2v) is 6.44. The number of hydrogen-bond donors (Lipinski definition) is 1. The zero-order chi connectivity index (χ0) is 17.5. The van der Waals surface area contributed by atoms with Gasteiger partial charge in [0.1, 0.15) is 5.82 Å². The molecule has 0 aliphatic rings. The lowest BCUT2D eigenvalue weighted by molar-refractivity contribution is 0.194. The van der Waals surface area contributed by atoms with Crippen LogP contribution < -0.4 is 5.32 Å². The van der Waals surface area contributed by atoms with E-state index in [0.29, 0.717) is 12.3 Å². The predicted octanol–water partition coefficient (Wildman–Crippen LogP) is 3.99. The first-order valence-electron chi connectivity index (χ1n) is 7.69. The van der Waals surface area contributed by atoms with Gasteiger partial charge in [-0.25, -0.2) is 9.18 Å². The molecule has 0 saturated carbocycles. The van der Waals surface area contributed by atoms with Gasteiger partial charge in [0.25, 0.3) is 0 Å². The Bertz CT molecular complexity index is 681. The van der Waals surface area contributed by atoms with Crippen molar-refractivity contribution in [3.63, 3.8) is 0 Å². The second-order valence-electron chi connectivity index (χ2n) is 5.58. The molecular weight excluding hydrogens is 325 g/mol. The average molecular weight is 347 g/mol. The summed E-state index contributed by atoms with van der Waals surface area (Å²) in [5.74, 6) is 0.460. The van der Waals surface area contributed by atoms with E-state index in [1.54, 1.807) is 42.2 Å². The predicted molar refractivity (Wildman–Crippen MR) is 96.3 cm³/mol. The molecule has 1 atom stereocenters. The fourth-order valence-corrected chi connectivity index (χ4v) is 2.95. The number of rotatable bonds is 6. The standard InChI is InChI=1S/C18H22FN3OS/c1-13(14-5-4-8-20-10-14)22(2)18(23)21-11-15-6-7-17(19)9-16(15)12-24-3/h4-10,13H,11-12H2,1-3H3,(H,21,23). The van der Waals surface area contributed by atoms with Crippen molar-refractivity contribution in [1.29, 1.82) is 0 Å². The number of aromatic nitrogens is 1. The van der Waals surface area contributed by atoms with Crippen LogP contribution in [-0.4, -0.2) is 29.2 Å². The lowest BCUT2D eigenvalue weighted by Gasteiger charge is -2.25. The van der Waals surface area contributed by atoms with Gasteiger partial charge < -0.3 is 10.2 Å². The summed E-state index contributed by atoms with van der Waals surface area (Å²) in [5, 5.41) is 2.90. The smallest absolute Gasteiger partial charge is 0.317 e. The monoisotopic (exact) mass is 347 g/mol. The molecule has 0 spiro atoms. The molecule has 2 aromatic rings. The molecule has 4 nitrogen and oxygen atoms in total. The highest BCUT2D eigenvalue weighted by Crippen LogP contribution is 2.19. The largest absolute Gasteiger partial charge is 0.334 e. The van der Waals surface area contributed by atoms with Crippen molar-refractivity contribution in [3.05, 3.63) is 65.2 Å². The number of carbonyl (C=O) groups excluding carboxylic acids is 1. The maximum absolute atomic E-state index is 13.4. The number of nitrogens with zero attached hydrogens (tertiary/aromatic N) is 2. The molecule has 2 rings (SSSR count). The van der Waals surface area contributed by atoms with Crippen molar-refractivity contribution in [2.24, 2.45) is 0 Å². The molecule has 0 fully saturated rings. The number of benzene rings is 1. The first-order chi connectivity index (χ1) is 11.5. The Labute approximate surface area is 146 Å². The van der Waals surface area contributed by atoms with Gasteiger partial charge in [-0.1, -0.05) is 12.1 Å². The molecule has 1 unspecified atom stereocenters. The lowest BCUT2D eigenvalue weighted by Crippen LogP contribution is -2.38. The highest BCUT2D eigenvalue weighted by Gasteiger charge is 2.17. The number of carbonyl (C=O) groups is 1. The topological polar surface area (TPSA) is 45.2 Å². The Morgan fingerprint density at radius 3 is 2.83 bits per heavy atom. The number of urea groups is 1. The van der Waals surface area contributed by atoms with Crippen LogP contribution in [-0.2, 0) is 12.3 Å². The van der Waals surface area contributed by atoms with Gasteiger partial charge in [-0.15, -0.1) is 0 Å². The van der Waals surface area contributed by atoms with Crippen LogP contribution in [0.1, 0.15) is 29.7 Å². The third-order valence-corrected chi connectivity index (χ3v) is 4.57. The normalized spacial score (nSPS) is 11.8. The molecule has 0 saturated heterocycles. The first-order valence-corrected chi connectivity index (χ1v) is 9.09. The summed E-state index contributed by atoms with van der Waals surface area (Å²) in [6, 6.07) is 8.21. The van der Waals surface area contributed by atoms with E-state index in [0.717, 1.165) is 16.7 Å². The van der Waals surface area contributed by atoms with Gasteiger partial charge in [0, 0.05) is 31.7 Å². The molecule has 1 aromatic carbocycles. The van der Waals surface area contributed by atoms with Gasteiger partial charge in [-0.3, -0.25) is 4.98 Å². The first kappa shape index (κ1) is 18.3. The minimum absolute atomic E-state index is 0.0856. The fraction of sp³-hybridized carbons (Fsp3) is 0.333. The summed E-state index contributed by atoms with van der Waals surface area (Å²) < 4.78 is 13.4. The summed E-state index contributed by atoms with van der Waals surface area (Å²) in [5.41, 5.74) is 2.81. The average Bonchev–Trinajstić information content (AvgIpc) is 2.60. The van der Waals surface area contributed by atoms with Crippen molar-refractivity contribution < 1.29 is 9.18 Å². The number of hydrogen-bond acceptors (Lipinski definition) is 3.